The number of nitrogens with one attached hydrogen (secondary N) is 1. The van der Waals surface area contributed by atoms with Crippen molar-refractivity contribution >= 4 is 23.4 Å². The number of aromatic nitrogens is 3. The summed E-state index contributed by atoms with van der Waals surface area (Å²) < 4.78 is 2.09. The van der Waals surface area contributed by atoms with Crippen LogP contribution in [0.15, 0.2) is 29.4 Å². The van der Waals surface area contributed by atoms with Crippen molar-refractivity contribution in [2.45, 2.75) is 45.3 Å². The number of aryl methyl sites for hydroxylation is 2. The van der Waals surface area contributed by atoms with Crippen LogP contribution in [0.5, 0.6) is 0 Å². The van der Waals surface area contributed by atoms with Crippen LogP contribution in [0, 0.1) is 6.92 Å². The first-order valence-electron chi connectivity index (χ1n) is 7.44. The van der Waals surface area contributed by atoms with Crippen LogP contribution >= 0.6 is 11.8 Å². The maximum absolute atomic E-state index is 12.0. The molecule has 5 nitrogen and oxygen atoms in total. The van der Waals surface area contributed by atoms with Crippen LogP contribution in [0.1, 0.15) is 38.2 Å². The van der Waals surface area contributed by atoms with E-state index in [1.807, 2.05) is 31.2 Å². The summed E-state index contributed by atoms with van der Waals surface area (Å²) in [5.74, 6) is 1.24. The quantitative estimate of drug-likeness (QED) is 0.829. The van der Waals surface area contributed by atoms with Crippen LogP contribution in [0.2, 0.25) is 0 Å². The molecule has 6 heteroatoms. The van der Waals surface area contributed by atoms with Crippen molar-refractivity contribution in [3.63, 3.8) is 0 Å². The molecular weight excluding hydrogens is 296 g/mol. The van der Waals surface area contributed by atoms with Crippen LogP contribution in [-0.4, -0.2) is 26.4 Å². The summed E-state index contributed by atoms with van der Waals surface area (Å²) in [4.78, 5) is 12.0. The van der Waals surface area contributed by atoms with Gasteiger partial charge in [-0.05, 0) is 32.9 Å². The van der Waals surface area contributed by atoms with Gasteiger partial charge in [-0.1, -0.05) is 36.4 Å². The van der Waals surface area contributed by atoms with Crippen LogP contribution in [0.25, 0.3) is 0 Å². The van der Waals surface area contributed by atoms with E-state index in [1.165, 1.54) is 17.3 Å². The number of rotatable bonds is 6. The molecular formula is C16H22N4OS. The molecule has 0 radical (unpaired) electrons. The number of hydrogen-bond donors (Lipinski definition) is 1. The third-order valence-corrected chi connectivity index (χ3v) is 4.18. The molecule has 2 rings (SSSR count). The number of thioether (sulfide) groups is 1. The Hall–Kier alpha value is -1.82. The molecule has 1 amide bonds. The zero-order valence-corrected chi connectivity index (χ0v) is 14.3. The van der Waals surface area contributed by atoms with E-state index in [0.29, 0.717) is 5.75 Å². The van der Waals surface area contributed by atoms with Gasteiger partial charge >= 0.3 is 0 Å². The standard InChI is InChI=1S/C16H22N4OS/c1-5-14-18-19-16(20(14)11(2)3)22-10-15(21)17-13-8-6-12(4)7-9-13/h6-9,11H,5,10H2,1-4H3,(H,17,21). The Kier molecular flexibility index (Phi) is 5.60. The molecule has 0 aliphatic carbocycles. The Morgan fingerprint density at radius 3 is 2.55 bits per heavy atom. The fourth-order valence-corrected chi connectivity index (χ4v) is 3.02. The summed E-state index contributed by atoms with van der Waals surface area (Å²) >= 11 is 1.42. The van der Waals surface area contributed by atoms with Crippen molar-refractivity contribution in [3.05, 3.63) is 35.7 Å². The minimum absolute atomic E-state index is 0.0368. The first kappa shape index (κ1) is 16.5. The lowest BCUT2D eigenvalue weighted by Gasteiger charge is -2.12. The average molecular weight is 318 g/mol. The van der Waals surface area contributed by atoms with Gasteiger partial charge in [-0.15, -0.1) is 10.2 Å². The van der Waals surface area contributed by atoms with E-state index in [9.17, 15) is 4.79 Å². The highest BCUT2D eigenvalue weighted by atomic mass is 32.2. The molecule has 0 aliphatic rings. The molecule has 0 saturated carbocycles. The highest BCUT2D eigenvalue weighted by Gasteiger charge is 2.15. The zero-order valence-electron chi connectivity index (χ0n) is 13.5. The Bertz CT molecular complexity index is 634. The summed E-state index contributed by atoms with van der Waals surface area (Å²) in [5.41, 5.74) is 1.99. The van der Waals surface area contributed by atoms with Crippen molar-refractivity contribution in [3.8, 4) is 0 Å². The van der Waals surface area contributed by atoms with Gasteiger partial charge in [0.15, 0.2) is 5.16 Å². The Labute approximate surface area is 135 Å². The van der Waals surface area contributed by atoms with E-state index in [0.717, 1.165) is 23.1 Å². The predicted molar refractivity (Wildman–Crippen MR) is 90.3 cm³/mol. The van der Waals surface area contributed by atoms with Gasteiger partial charge in [-0.25, -0.2) is 0 Å². The Balaban J connectivity index is 1.96. The van der Waals surface area contributed by atoms with E-state index < -0.39 is 0 Å². The van der Waals surface area contributed by atoms with Crippen molar-refractivity contribution in [1.29, 1.82) is 0 Å². The van der Waals surface area contributed by atoms with Gasteiger partial charge in [0.25, 0.3) is 0 Å². The normalized spacial score (nSPS) is 11.0. The minimum atomic E-state index is -0.0368. The van der Waals surface area contributed by atoms with Crippen molar-refractivity contribution in [1.82, 2.24) is 14.8 Å². The molecule has 118 valence electrons. The van der Waals surface area contributed by atoms with Gasteiger partial charge in [-0.2, -0.15) is 0 Å². The van der Waals surface area contributed by atoms with E-state index in [4.69, 9.17) is 0 Å². The first-order valence-corrected chi connectivity index (χ1v) is 8.43. The van der Waals surface area contributed by atoms with E-state index in [1.54, 1.807) is 0 Å². The Morgan fingerprint density at radius 2 is 1.95 bits per heavy atom. The molecule has 0 aliphatic heterocycles. The third kappa shape index (κ3) is 4.10. The van der Waals surface area contributed by atoms with Gasteiger partial charge in [0.05, 0.1) is 5.75 Å². The average Bonchev–Trinajstić information content (AvgIpc) is 2.91. The van der Waals surface area contributed by atoms with Crippen LogP contribution in [0.4, 0.5) is 5.69 Å². The zero-order chi connectivity index (χ0) is 16.1. The molecule has 2 aromatic rings. The molecule has 1 aromatic carbocycles. The lowest BCUT2D eigenvalue weighted by molar-refractivity contribution is -0.113. The molecule has 0 fully saturated rings. The fraction of sp³-hybridized carbons (Fsp3) is 0.438. The highest BCUT2D eigenvalue weighted by Crippen LogP contribution is 2.22. The molecule has 1 heterocycles. The number of benzene rings is 1. The summed E-state index contributed by atoms with van der Waals surface area (Å²) in [5, 5.41) is 12.1. The van der Waals surface area contributed by atoms with Crippen molar-refractivity contribution < 1.29 is 4.79 Å². The molecule has 0 spiro atoms. The van der Waals surface area contributed by atoms with Gasteiger partial charge in [-0.3, -0.25) is 4.79 Å². The smallest absolute Gasteiger partial charge is 0.234 e. The second-order valence-corrected chi connectivity index (χ2v) is 6.36. The van der Waals surface area contributed by atoms with E-state index in [-0.39, 0.29) is 11.9 Å². The molecule has 0 unspecified atom stereocenters. The number of anilines is 1. The van der Waals surface area contributed by atoms with Gasteiger partial charge in [0.1, 0.15) is 5.82 Å². The first-order chi connectivity index (χ1) is 10.5. The number of hydrogen-bond acceptors (Lipinski definition) is 4. The van der Waals surface area contributed by atoms with E-state index >= 15 is 0 Å². The largest absolute Gasteiger partial charge is 0.325 e. The molecule has 1 aromatic heterocycles. The monoisotopic (exact) mass is 318 g/mol. The lowest BCUT2D eigenvalue weighted by Crippen LogP contribution is -2.15. The second kappa shape index (κ2) is 7.45. The van der Waals surface area contributed by atoms with Crippen molar-refractivity contribution in [2.75, 3.05) is 11.1 Å². The topological polar surface area (TPSA) is 59.8 Å². The maximum Gasteiger partial charge on any atom is 0.234 e. The van der Waals surface area contributed by atoms with Gasteiger partial charge in [0, 0.05) is 18.2 Å². The number of carbonyl (C=O) groups excluding carboxylic acids is 1. The molecule has 0 atom stereocenters. The molecule has 1 N–H and O–H groups in total. The summed E-state index contributed by atoms with van der Waals surface area (Å²) in [6, 6.07) is 8.05. The number of amides is 1. The van der Waals surface area contributed by atoms with Crippen LogP contribution in [0.3, 0.4) is 0 Å². The number of nitrogens with zero attached hydrogens (tertiary/aromatic N) is 3. The molecule has 0 bridgehead atoms. The SMILES string of the molecule is CCc1nnc(SCC(=O)Nc2ccc(C)cc2)n1C(C)C. The fourth-order valence-electron chi connectivity index (χ4n) is 2.13. The third-order valence-electron chi connectivity index (χ3n) is 3.24. The maximum atomic E-state index is 12.0. The summed E-state index contributed by atoms with van der Waals surface area (Å²) in [7, 11) is 0. The van der Waals surface area contributed by atoms with E-state index in [2.05, 4.69) is 40.9 Å². The highest BCUT2D eigenvalue weighted by molar-refractivity contribution is 7.99. The van der Waals surface area contributed by atoms with Crippen LogP contribution < -0.4 is 5.32 Å². The molecule has 22 heavy (non-hydrogen) atoms. The Morgan fingerprint density at radius 1 is 1.27 bits per heavy atom. The number of carbonyl (C=O) groups is 1. The van der Waals surface area contributed by atoms with Crippen molar-refractivity contribution in [2.24, 2.45) is 0 Å². The van der Waals surface area contributed by atoms with Gasteiger partial charge < -0.3 is 9.88 Å². The predicted octanol–water partition coefficient (Wildman–Crippen LogP) is 3.46. The van der Waals surface area contributed by atoms with Crippen LogP contribution in [-0.2, 0) is 11.2 Å². The lowest BCUT2D eigenvalue weighted by atomic mass is 10.2. The second-order valence-electron chi connectivity index (χ2n) is 5.42. The molecule has 0 saturated heterocycles. The van der Waals surface area contributed by atoms with Gasteiger partial charge in [0.2, 0.25) is 5.91 Å². The minimum Gasteiger partial charge on any atom is -0.325 e. The summed E-state index contributed by atoms with van der Waals surface area (Å²) in [6.45, 7) is 8.27. The summed E-state index contributed by atoms with van der Waals surface area (Å²) in [6.07, 6.45) is 0.835.